The van der Waals surface area contributed by atoms with Crippen molar-refractivity contribution < 1.29 is 95.3 Å². The van der Waals surface area contributed by atoms with Crippen LogP contribution in [0.2, 0.25) is 0 Å². The second-order valence-electron chi connectivity index (χ2n) is 42.6. The number of carbonyl (C=O) groups excluding carboxylic acids is 10. The van der Waals surface area contributed by atoms with E-state index in [-0.39, 0.29) is 123 Å². The van der Waals surface area contributed by atoms with E-state index >= 15 is 0 Å². The van der Waals surface area contributed by atoms with Crippen LogP contribution in [-0.2, 0) is 95.3 Å². The van der Waals surface area contributed by atoms with Gasteiger partial charge in [-0.1, -0.05) is 69.2 Å². The van der Waals surface area contributed by atoms with Crippen LogP contribution in [0.25, 0.3) is 0 Å². The van der Waals surface area contributed by atoms with Gasteiger partial charge in [-0.2, -0.15) is 0 Å². The highest BCUT2D eigenvalue weighted by molar-refractivity contribution is 5.86. The van der Waals surface area contributed by atoms with Gasteiger partial charge < -0.3 is 47.4 Å². The molecule has 0 aromatic carbocycles. The Hall–Kier alpha value is -5.30. The van der Waals surface area contributed by atoms with Gasteiger partial charge in [-0.25, -0.2) is 4.79 Å². The second kappa shape index (κ2) is 27.6. The lowest BCUT2D eigenvalue weighted by Gasteiger charge is -2.54. The van der Waals surface area contributed by atoms with E-state index in [0.29, 0.717) is 101 Å². The van der Waals surface area contributed by atoms with Crippen LogP contribution in [0.5, 0.6) is 0 Å². The summed E-state index contributed by atoms with van der Waals surface area (Å²) in [4.78, 5) is 124. The highest BCUT2D eigenvalue weighted by atomic mass is 16.7. The molecule has 0 radical (unpaired) electrons. The van der Waals surface area contributed by atoms with E-state index in [1.807, 2.05) is 111 Å². The molecule has 14 atom stereocenters. The average Bonchev–Trinajstić information content (AvgIpc) is 1.51. The Morgan fingerprint density at radius 1 is 0.330 bits per heavy atom. The van der Waals surface area contributed by atoms with Gasteiger partial charge in [0.05, 0.1) is 50.7 Å². The van der Waals surface area contributed by atoms with Crippen molar-refractivity contribution in [1.82, 2.24) is 0 Å². The minimum absolute atomic E-state index is 0.0153. The lowest BCUT2D eigenvalue weighted by Crippen LogP contribution is -2.56. The summed E-state index contributed by atoms with van der Waals surface area (Å²) in [5.41, 5.74) is -5.00. The van der Waals surface area contributed by atoms with Crippen molar-refractivity contribution >= 4 is 59.7 Å². The fourth-order valence-corrected chi connectivity index (χ4v) is 23.3. The number of esters is 10. The minimum atomic E-state index is -1.07. The molecule has 20 fully saturated rings. The van der Waals surface area contributed by atoms with Crippen molar-refractivity contribution in [2.45, 2.75) is 384 Å². The lowest BCUT2D eigenvalue weighted by atomic mass is 9.52. The molecule has 596 valence electrons. The molecule has 10 heterocycles. The van der Waals surface area contributed by atoms with Crippen molar-refractivity contribution in [2.24, 2.45) is 95.6 Å². The molecule has 10 aliphatic carbocycles. The average molecular weight is 1490 g/mol. The second-order valence-corrected chi connectivity index (χ2v) is 42.6. The van der Waals surface area contributed by atoms with Gasteiger partial charge in [0.15, 0.2) is 0 Å². The number of ether oxygens (including phenoxy) is 10. The fourth-order valence-electron chi connectivity index (χ4n) is 23.3. The maximum atomic E-state index is 12.7. The van der Waals surface area contributed by atoms with Crippen molar-refractivity contribution in [3.63, 3.8) is 0 Å². The molecule has 0 aromatic rings. The van der Waals surface area contributed by atoms with Crippen LogP contribution in [0.15, 0.2) is 0 Å². The van der Waals surface area contributed by atoms with E-state index in [9.17, 15) is 47.9 Å². The van der Waals surface area contributed by atoms with Gasteiger partial charge in [0.2, 0.25) is 5.60 Å². The summed E-state index contributed by atoms with van der Waals surface area (Å²) in [6.45, 7) is 42.0. The molecule has 10 saturated carbocycles. The normalized spacial score (nSPS) is 42.0. The van der Waals surface area contributed by atoms with Crippen LogP contribution in [-0.4, -0.2) is 106 Å². The summed E-state index contributed by atoms with van der Waals surface area (Å²) >= 11 is 0. The maximum absolute atomic E-state index is 12.7. The van der Waals surface area contributed by atoms with Crippen molar-refractivity contribution in [3.8, 4) is 0 Å². The molecule has 20 heteroatoms. The predicted molar refractivity (Wildman–Crippen MR) is 391 cm³/mol. The molecule has 20 aliphatic rings. The number of hydrogen-bond donors (Lipinski definition) is 0. The summed E-state index contributed by atoms with van der Waals surface area (Å²) in [6.07, 6.45) is 24.0. The Labute approximate surface area is 631 Å². The van der Waals surface area contributed by atoms with Gasteiger partial charge in [0.25, 0.3) is 11.6 Å². The van der Waals surface area contributed by atoms with Gasteiger partial charge in [0, 0.05) is 64.2 Å². The smallest absolute Gasteiger partial charge is 0.350 e. The lowest BCUT2D eigenvalue weighted by molar-refractivity contribution is -0.260. The molecule has 0 spiro atoms. The molecule has 14 unspecified atom stereocenters. The first-order chi connectivity index (χ1) is 48.7. The van der Waals surface area contributed by atoms with Gasteiger partial charge in [-0.3, -0.25) is 43.2 Å². The summed E-state index contributed by atoms with van der Waals surface area (Å²) < 4.78 is 58.1. The first-order valence-corrected chi connectivity index (χ1v) is 41.0. The molecular weight excluding hydrogens is 1350 g/mol. The molecule has 20 nitrogen and oxygen atoms in total. The number of rotatable bonds is 15. The van der Waals surface area contributed by atoms with E-state index in [2.05, 4.69) is 34.6 Å². The third-order valence-electron chi connectivity index (χ3n) is 29.1. The standard InChI is InChI=1S/3C18H28O4.2C16H24O4/c1-6-15(2,3)13(19)22-18-10-16(4)7-12(21-14(18)20)8-17(5,9-16)11-18;1-6-15(2,3)14(20)22-18-8-12-7-16(4,10-18)9-17(5,11-18)21-13(12)19;1-6-15(2,3)14(20)22-18-10-16(4)7-12(13(19)21-18)8-17(5,9-16)11-18;1-4-15(2,3)14(18)20-16-8-10-5-11(9-16)7-12(6-10)13(17)19-16;1-4-15(2,3)14(18)20-16-7-10-5-11(8-16)13(17)19-12(6-10)9-16/h3*12H,6-11H2,1-5H3;2*10-12H,4-9H2,1-3H3. The van der Waals surface area contributed by atoms with Crippen molar-refractivity contribution in [3.05, 3.63) is 0 Å². The summed E-state index contributed by atoms with van der Waals surface area (Å²) in [7, 11) is 0. The Morgan fingerprint density at radius 3 is 1.22 bits per heavy atom. The Balaban J connectivity index is 0.000000132. The van der Waals surface area contributed by atoms with Crippen LogP contribution in [0.3, 0.4) is 0 Å². The molecule has 0 aromatic heterocycles. The summed E-state index contributed by atoms with van der Waals surface area (Å²) in [6, 6.07) is 0. The highest BCUT2D eigenvalue weighted by Crippen LogP contribution is 2.66. The topological polar surface area (TPSA) is 263 Å². The predicted octanol–water partition coefficient (Wildman–Crippen LogP) is 17.0. The first kappa shape index (κ1) is 81.7. The zero-order chi connectivity index (χ0) is 78.3. The van der Waals surface area contributed by atoms with E-state index in [0.717, 1.165) is 109 Å². The third kappa shape index (κ3) is 16.5. The number of fused-ring (bicyclic) bond motifs is 5. The van der Waals surface area contributed by atoms with Crippen molar-refractivity contribution in [2.75, 3.05) is 0 Å². The molecule has 0 amide bonds. The van der Waals surface area contributed by atoms with Gasteiger partial charge in [-0.15, -0.1) is 0 Å². The maximum Gasteiger partial charge on any atom is 0.350 e. The van der Waals surface area contributed by atoms with E-state index in [1.54, 1.807) is 0 Å². The number of hydrogen-bond acceptors (Lipinski definition) is 20. The molecule has 0 N–H and O–H groups in total. The zero-order valence-corrected chi connectivity index (χ0v) is 68.6. The van der Waals surface area contributed by atoms with Crippen LogP contribution >= 0.6 is 0 Å². The van der Waals surface area contributed by atoms with Crippen LogP contribution < -0.4 is 0 Å². The van der Waals surface area contributed by atoms with Gasteiger partial charge in [0.1, 0.15) is 29.0 Å². The fraction of sp³-hybridized carbons (Fsp3) is 0.884. The molecule has 20 rings (SSSR count). The SMILES string of the molecule is CCC(C)(C)C(=O)OC12CC3(C)CC(CC(C)(C3)C1)C(=O)O2.CCC(C)(C)C(=O)OC12CC3(C)CC(CC(C)(C3)C1)OC2=O.CCC(C)(C)C(=O)OC12CC3CC(C)(CC(C)(C1)OC3=O)C2.CCC(C)(C)C(=O)OC12CC3CC(C1)OC(=O)C(C3)C2.CCC(C)(C)C(=O)OC12CC3CC(CC(C3)C(=O)O1)C2. The molecular formula is C86H132O20. The van der Waals surface area contributed by atoms with Crippen molar-refractivity contribution in [1.29, 1.82) is 0 Å². The molecule has 106 heavy (non-hydrogen) atoms. The number of carbonyl (C=O) groups is 10. The van der Waals surface area contributed by atoms with Crippen LogP contribution in [0, 0.1) is 95.6 Å². The summed E-state index contributed by atoms with van der Waals surface area (Å²) in [5.74, 6) is -2.69. The quantitative estimate of drug-likeness (QED) is 0.109. The third-order valence-corrected chi connectivity index (χ3v) is 29.1. The van der Waals surface area contributed by atoms with Crippen LogP contribution in [0.4, 0.5) is 0 Å². The minimum Gasteiger partial charge on any atom is -0.462 e. The molecule has 10 saturated heterocycles. The summed E-state index contributed by atoms with van der Waals surface area (Å²) in [5, 5.41) is 0. The highest BCUT2D eigenvalue weighted by Gasteiger charge is 2.68. The van der Waals surface area contributed by atoms with Gasteiger partial charge >= 0.3 is 59.7 Å². The molecule has 10 aliphatic heterocycles. The van der Waals surface area contributed by atoms with Crippen LogP contribution in [0.1, 0.15) is 338 Å². The Kier molecular flexibility index (Phi) is 21.2. The monoisotopic (exact) mass is 1480 g/mol. The first-order valence-electron chi connectivity index (χ1n) is 41.0. The van der Waals surface area contributed by atoms with E-state index in [1.165, 1.54) is 0 Å². The Morgan fingerprint density at radius 2 is 0.717 bits per heavy atom. The Bertz CT molecular complexity index is 3420. The molecule has 20 bridgehead atoms. The largest absolute Gasteiger partial charge is 0.462 e. The van der Waals surface area contributed by atoms with E-state index in [4.69, 9.17) is 47.4 Å². The van der Waals surface area contributed by atoms with E-state index < -0.39 is 61.1 Å². The van der Waals surface area contributed by atoms with Gasteiger partial charge in [-0.05, 0) is 249 Å². The zero-order valence-electron chi connectivity index (χ0n) is 68.6.